The lowest BCUT2D eigenvalue weighted by Crippen LogP contribution is -2.37. The monoisotopic (exact) mass is 411 g/mol. The molecule has 7 heteroatoms. The molecule has 29 heavy (non-hydrogen) atoms. The summed E-state index contributed by atoms with van der Waals surface area (Å²) in [7, 11) is 0. The predicted octanol–water partition coefficient (Wildman–Crippen LogP) is 4.82. The van der Waals surface area contributed by atoms with Gasteiger partial charge in [0, 0.05) is 11.6 Å². The lowest BCUT2D eigenvalue weighted by molar-refractivity contribution is -0.123. The maximum Gasteiger partial charge on any atom is 0.253 e. The van der Waals surface area contributed by atoms with E-state index in [0.29, 0.717) is 23.2 Å². The van der Waals surface area contributed by atoms with Gasteiger partial charge in [-0.25, -0.2) is 4.98 Å². The number of carbonyl (C=O) groups is 1. The number of rotatable bonds is 4. The van der Waals surface area contributed by atoms with E-state index in [4.69, 9.17) is 11.6 Å². The molecule has 0 bridgehead atoms. The maximum atomic E-state index is 13.4. The summed E-state index contributed by atoms with van der Waals surface area (Å²) in [5.74, 6) is 1.30. The van der Waals surface area contributed by atoms with Crippen LogP contribution in [0.25, 0.3) is 5.78 Å². The highest BCUT2D eigenvalue weighted by Gasteiger charge is 2.28. The van der Waals surface area contributed by atoms with E-state index in [9.17, 15) is 4.79 Å². The first-order chi connectivity index (χ1) is 13.9. The third-order valence-corrected chi connectivity index (χ3v) is 6.27. The number of anilines is 1. The first-order valence-corrected chi connectivity index (χ1v) is 10.6. The van der Waals surface area contributed by atoms with Crippen LogP contribution in [-0.4, -0.2) is 25.5 Å². The van der Waals surface area contributed by atoms with Crippen molar-refractivity contribution < 1.29 is 4.79 Å². The molecule has 0 unspecified atom stereocenters. The van der Waals surface area contributed by atoms with E-state index >= 15 is 0 Å². The molecule has 2 heterocycles. The van der Waals surface area contributed by atoms with Gasteiger partial charge in [0.2, 0.25) is 5.91 Å². The molecule has 3 aromatic rings. The molecule has 0 atom stereocenters. The number of halogens is 1. The van der Waals surface area contributed by atoms with Gasteiger partial charge in [-0.1, -0.05) is 48.6 Å². The molecule has 1 aromatic carbocycles. The molecular weight excluding hydrogens is 386 g/mol. The van der Waals surface area contributed by atoms with Crippen molar-refractivity contribution in [2.24, 2.45) is 5.92 Å². The second kappa shape index (κ2) is 8.11. The van der Waals surface area contributed by atoms with Gasteiger partial charge >= 0.3 is 0 Å². The fourth-order valence-electron chi connectivity index (χ4n) is 4.00. The van der Waals surface area contributed by atoms with E-state index < -0.39 is 0 Å². The number of aromatic nitrogens is 4. The van der Waals surface area contributed by atoms with Gasteiger partial charge in [-0.05, 0) is 45.7 Å². The van der Waals surface area contributed by atoms with Gasteiger partial charge < -0.3 is 4.90 Å². The third-order valence-electron chi connectivity index (χ3n) is 5.72. The molecule has 0 spiro atoms. The van der Waals surface area contributed by atoms with Crippen LogP contribution >= 0.6 is 11.6 Å². The highest BCUT2D eigenvalue weighted by molar-refractivity contribution is 6.31. The molecule has 152 valence electrons. The normalized spacial score (nSPS) is 15.0. The summed E-state index contributed by atoms with van der Waals surface area (Å²) >= 11 is 6.32. The van der Waals surface area contributed by atoms with E-state index in [2.05, 4.69) is 15.1 Å². The Morgan fingerprint density at radius 1 is 1.10 bits per heavy atom. The van der Waals surface area contributed by atoms with Crippen LogP contribution in [0.3, 0.4) is 0 Å². The lowest BCUT2D eigenvalue weighted by Gasteiger charge is -2.28. The average Bonchev–Trinajstić information content (AvgIpc) is 3.14. The Balaban J connectivity index is 1.69. The van der Waals surface area contributed by atoms with E-state index in [1.165, 1.54) is 6.42 Å². The molecule has 1 aliphatic carbocycles. The van der Waals surface area contributed by atoms with Crippen molar-refractivity contribution >= 4 is 29.0 Å². The first kappa shape index (κ1) is 19.8. The van der Waals surface area contributed by atoms with Crippen LogP contribution in [0.5, 0.6) is 0 Å². The number of benzene rings is 1. The molecule has 0 saturated heterocycles. The zero-order valence-corrected chi connectivity index (χ0v) is 17.9. The van der Waals surface area contributed by atoms with Crippen molar-refractivity contribution in [3.63, 3.8) is 0 Å². The summed E-state index contributed by atoms with van der Waals surface area (Å²) in [4.78, 5) is 24.2. The number of fused-ring (bicyclic) bond motifs is 1. The minimum Gasteiger partial charge on any atom is -0.304 e. The molecule has 4 rings (SSSR count). The van der Waals surface area contributed by atoms with Gasteiger partial charge in [0.1, 0.15) is 0 Å². The van der Waals surface area contributed by atoms with Gasteiger partial charge in [0.15, 0.2) is 5.82 Å². The van der Waals surface area contributed by atoms with Gasteiger partial charge in [-0.3, -0.25) is 4.79 Å². The number of nitrogens with zero attached hydrogens (tertiary/aromatic N) is 5. The second-order valence-electron chi connectivity index (χ2n) is 7.93. The van der Waals surface area contributed by atoms with Crippen LogP contribution in [0.2, 0.25) is 5.02 Å². The summed E-state index contributed by atoms with van der Waals surface area (Å²) in [5, 5.41) is 5.18. The average molecular weight is 412 g/mol. The molecule has 1 fully saturated rings. The van der Waals surface area contributed by atoms with Crippen LogP contribution in [0.4, 0.5) is 5.69 Å². The van der Waals surface area contributed by atoms with Gasteiger partial charge in [0.05, 0.1) is 23.0 Å². The van der Waals surface area contributed by atoms with E-state index in [-0.39, 0.29) is 11.8 Å². The molecule has 1 saturated carbocycles. The number of hydrogen-bond acceptors (Lipinski definition) is 4. The Morgan fingerprint density at radius 2 is 1.79 bits per heavy atom. The molecule has 0 aliphatic heterocycles. The largest absolute Gasteiger partial charge is 0.304 e. The molecule has 6 nitrogen and oxygen atoms in total. The Labute approximate surface area is 175 Å². The van der Waals surface area contributed by atoms with Crippen LogP contribution in [0, 0.1) is 26.7 Å². The summed E-state index contributed by atoms with van der Waals surface area (Å²) in [6.07, 6.45) is 5.36. The molecule has 1 amide bonds. The van der Waals surface area contributed by atoms with Crippen LogP contribution in [-0.2, 0) is 11.3 Å². The number of carbonyl (C=O) groups excluding carboxylic acids is 1. The van der Waals surface area contributed by atoms with Crippen LogP contribution < -0.4 is 4.90 Å². The first-order valence-electron chi connectivity index (χ1n) is 10.2. The summed E-state index contributed by atoms with van der Waals surface area (Å²) in [6, 6.07) is 8.05. The number of amides is 1. The zero-order chi connectivity index (χ0) is 20.5. The fraction of sp³-hybridized carbons (Fsp3) is 0.455. The van der Waals surface area contributed by atoms with Gasteiger partial charge in [0.25, 0.3) is 5.78 Å². The standard InChI is InChI=1S/C22H26ClN5O/c1-14-9-11-18(12-10-14)27(21(29)17-7-5-4-6-8-17)13-19-25-22-24-15(2)20(23)16(3)28(22)26-19/h9-12,17H,4-8,13H2,1-3H3. The molecular formula is C22H26ClN5O. The van der Waals surface area contributed by atoms with Crippen molar-refractivity contribution in [3.05, 3.63) is 52.1 Å². The topological polar surface area (TPSA) is 63.4 Å². The summed E-state index contributed by atoms with van der Waals surface area (Å²) in [6.45, 7) is 6.11. The Kier molecular flexibility index (Phi) is 5.54. The smallest absolute Gasteiger partial charge is 0.253 e. The fourth-order valence-corrected chi connectivity index (χ4v) is 4.12. The Bertz CT molecular complexity index is 1040. The van der Waals surface area contributed by atoms with Crippen molar-refractivity contribution in [1.82, 2.24) is 19.6 Å². The number of aryl methyl sites for hydroxylation is 3. The Morgan fingerprint density at radius 3 is 2.48 bits per heavy atom. The van der Waals surface area contributed by atoms with Crippen LogP contribution in [0.1, 0.15) is 54.9 Å². The minimum atomic E-state index is 0.0682. The van der Waals surface area contributed by atoms with E-state index in [1.54, 1.807) is 4.52 Å². The molecule has 2 aromatic heterocycles. The van der Waals surface area contributed by atoms with Crippen molar-refractivity contribution in [3.8, 4) is 0 Å². The van der Waals surface area contributed by atoms with Crippen molar-refractivity contribution in [1.29, 1.82) is 0 Å². The predicted molar refractivity (Wildman–Crippen MR) is 114 cm³/mol. The number of hydrogen-bond donors (Lipinski definition) is 0. The second-order valence-corrected chi connectivity index (χ2v) is 8.31. The van der Waals surface area contributed by atoms with Crippen LogP contribution in [0.15, 0.2) is 24.3 Å². The van der Waals surface area contributed by atoms with E-state index in [1.807, 2.05) is 49.9 Å². The molecule has 0 N–H and O–H groups in total. The van der Waals surface area contributed by atoms with Crippen molar-refractivity contribution in [2.45, 2.75) is 59.4 Å². The summed E-state index contributed by atoms with van der Waals surface area (Å²) < 4.78 is 1.66. The zero-order valence-electron chi connectivity index (χ0n) is 17.2. The molecule has 0 radical (unpaired) electrons. The quantitative estimate of drug-likeness (QED) is 0.617. The van der Waals surface area contributed by atoms with Gasteiger partial charge in [-0.2, -0.15) is 9.50 Å². The van der Waals surface area contributed by atoms with Gasteiger partial charge in [-0.15, -0.1) is 5.10 Å². The van der Waals surface area contributed by atoms with Crippen molar-refractivity contribution in [2.75, 3.05) is 4.90 Å². The summed E-state index contributed by atoms with van der Waals surface area (Å²) in [5.41, 5.74) is 3.57. The lowest BCUT2D eigenvalue weighted by atomic mass is 9.88. The SMILES string of the molecule is Cc1ccc(N(Cc2nc3nc(C)c(Cl)c(C)n3n2)C(=O)C2CCCCC2)cc1. The Hall–Kier alpha value is -2.47. The highest BCUT2D eigenvalue weighted by atomic mass is 35.5. The van der Waals surface area contributed by atoms with E-state index in [0.717, 1.165) is 48.3 Å². The third kappa shape index (κ3) is 3.99. The highest BCUT2D eigenvalue weighted by Crippen LogP contribution is 2.29. The molecule has 1 aliphatic rings. The maximum absolute atomic E-state index is 13.4. The minimum absolute atomic E-state index is 0.0682.